The second-order valence-electron chi connectivity index (χ2n) is 5.36. The Hall–Kier alpha value is -1.26. The lowest BCUT2D eigenvalue weighted by molar-refractivity contribution is -0.142. The number of urea groups is 1. The molecule has 17 heavy (non-hydrogen) atoms. The van der Waals surface area contributed by atoms with Crippen molar-refractivity contribution in [2.45, 2.75) is 58.0 Å². The van der Waals surface area contributed by atoms with Crippen LogP contribution >= 0.6 is 0 Å². The summed E-state index contributed by atoms with van der Waals surface area (Å²) in [5.41, 5.74) is -1.24. The summed E-state index contributed by atoms with van der Waals surface area (Å²) in [6, 6.07) is -0.307. The number of hydrogen-bond donors (Lipinski definition) is 3. The Bertz CT molecular complexity index is 296. The van der Waals surface area contributed by atoms with Gasteiger partial charge in [-0.1, -0.05) is 12.8 Å². The second kappa shape index (κ2) is 5.38. The van der Waals surface area contributed by atoms with E-state index in [0.717, 1.165) is 12.8 Å². The largest absolute Gasteiger partial charge is 0.480 e. The van der Waals surface area contributed by atoms with Crippen molar-refractivity contribution < 1.29 is 14.7 Å². The zero-order chi connectivity index (χ0) is 13.1. The summed E-state index contributed by atoms with van der Waals surface area (Å²) < 4.78 is 0. The molecule has 1 unspecified atom stereocenters. The van der Waals surface area contributed by atoms with Crippen molar-refractivity contribution in [3.63, 3.8) is 0 Å². The van der Waals surface area contributed by atoms with Crippen LogP contribution in [0.4, 0.5) is 4.79 Å². The number of carbonyl (C=O) groups is 2. The maximum absolute atomic E-state index is 11.6. The number of carbonyl (C=O) groups excluding carboxylic acids is 1. The van der Waals surface area contributed by atoms with Crippen molar-refractivity contribution in [2.24, 2.45) is 5.92 Å². The molecule has 1 aliphatic carbocycles. The van der Waals surface area contributed by atoms with E-state index in [1.165, 1.54) is 26.7 Å². The first kappa shape index (κ1) is 13.8. The molecular formula is C12H22N2O3. The third-order valence-electron chi connectivity index (χ3n) is 3.43. The fraction of sp³-hybridized carbons (Fsp3) is 0.833. The quantitative estimate of drug-likeness (QED) is 0.702. The molecule has 0 radical (unpaired) electrons. The van der Waals surface area contributed by atoms with Gasteiger partial charge in [0.1, 0.15) is 5.54 Å². The molecule has 1 saturated carbocycles. The van der Waals surface area contributed by atoms with E-state index in [1.807, 2.05) is 6.92 Å². The average molecular weight is 242 g/mol. The monoisotopic (exact) mass is 242 g/mol. The van der Waals surface area contributed by atoms with Crippen molar-refractivity contribution in [2.75, 3.05) is 0 Å². The molecule has 0 aromatic heterocycles. The maximum Gasteiger partial charge on any atom is 0.328 e. The van der Waals surface area contributed by atoms with Gasteiger partial charge in [-0.2, -0.15) is 0 Å². The lowest BCUT2D eigenvalue weighted by atomic mass is 10.00. The van der Waals surface area contributed by atoms with E-state index in [0.29, 0.717) is 5.92 Å². The maximum atomic E-state index is 11.6. The van der Waals surface area contributed by atoms with Crippen LogP contribution in [0.5, 0.6) is 0 Å². The fourth-order valence-electron chi connectivity index (χ4n) is 2.16. The van der Waals surface area contributed by atoms with Gasteiger partial charge in [-0.3, -0.25) is 0 Å². The molecule has 0 aromatic carbocycles. The van der Waals surface area contributed by atoms with Gasteiger partial charge >= 0.3 is 12.0 Å². The number of rotatable bonds is 4. The van der Waals surface area contributed by atoms with E-state index in [9.17, 15) is 9.59 Å². The van der Waals surface area contributed by atoms with Crippen LogP contribution in [0.15, 0.2) is 0 Å². The van der Waals surface area contributed by atoms with E-state index in [4.69, 9.17) is 5.11 Å². The molecule has 1 atom stereocenters. The molecule has 0 bridgehead atoms. The number of amides is 2. The molecule has 0 saturated heterocycles. The van der Waals surface area contributed by atoms with Gasteiger partial charge in [-0.15, -0.1) is 0 Å². The van der Waals surface area contributed by atoms with E-state index in [1.54, 1.807) is 0 Å². The molecule has 1 rings (SSSR count). The Morgan fingerprint density at radius 3 is 2.29 bits per heavy atom. The van der Waals surface area contributed by atoms with Gasteiger partial charge < -0.3 is 15.7 Å². The Balaban J connectivity index is 2.41. The Labute approximate surface area is 102 Å². The number of carboxylic acids is 1. The summed E-state index contributed by atoms with van der Waals surface area (Å²) in [7, 11) is 0. The number of hydrogen-bond acceptors (Lipinski definition) is 2. The topological polar surface area (TPSA) is 78.4 Å². The van der Waals surface area contributed by atoms with Crippen molar-refractivity contribution in [1.29, 1.82) is 0 Å². The van der Waals surface area contributed by atoms with Gasteiger partial charge in [0.25, 0.3) is 0 Å². The van der Waals surface area contributed by atoms with E-state index in [2.05, 4.69) is 10.6 Å². The lowest BCUT2D eigenvalue weighted by Gasteiger charge is -2.25. The highest BCUT2D eigenvalue weighted by molar-refractivity contribution is 5.85. The summed E-state index contributed by atoms with van der Waals surface area (Å²) in [6.45, 7) is 4.91. The standard InChI is InChI=1S/C12H22N2O3/c1-8(9-6-4-5-7-9)13-11(17)14-12(2,3)10(15)16/h8-9H,4-7H2,1-3H3,(H,15,16)(H2,13,14,17). The van der Waals surface area contributed by atoms with Crippen LogP contribution in [0, 0.1) is 5.92 Å². The molecule has 2 amide bonds. The van der Waals surface area contributed by atoms with Crippen molar-refractivity contribution in [3.05, 3.63) is 0 Å². The first-order valence-electron chi connectivity index (χ1n) is 6.15. The minimum absolute atomic E-state index is 0.0992. The summed E-state index contributed by atoms with van der Waals surface area (Å²) in [5.74, 6) is -0.519. The molecule has 0 aliphatic heterocycles. The molecule has 3 N–H and O–H groups in total. The first-order chi connectivity index (χ1) is 7.83. The van der Waals surface area contributed by atoms with Gasteiger partial charge in [0.05, 0.1) is 0 Å². The highest BCUT2D eigenvalue weighted by Crippen LogP contribution is 2.27. The average Bonchev–Trinajstić information content (AvgIpc) is 2.68. The first-order valence-corrected chi connectivity index (χ1v) is 6.15. The van der Waals surface area contributed by atoms with Crippen LogP contribution in [-0.4, -0.2) is 28.7 Å². The van der Waals surface area contributed by atoms with Crippen LogP contribution in [0.25, 0.3) is 0 Å². The van der Waals surface area contributed by atoms with E-state index < -0.39 is 17.5 Å². The van der Waals surface area contributed by atoms with Crippen molar-refractivity contribution in [3.8, 4) is 0 Å². The van der Waals surface area contributed by atoms with Crippen LogP contribution in [0.2, 0.25) is 0 Å². The zero-order valence-corrected chi connectivity index (χ0v) is 10.7. The molecule has 1 aliphatic rings. The van der Waals surface area contributed by atoms with Gasteiger partial charge in [0.2, 0.25) is 0 Å². The highest BCUT2D eigenvalue weighted by atomic mass is 16.4. The number of nitrogens with one attached hydrogen (secondary N) is 2. The van der Waals surface area contributed by atoms with Crippen molar-refractivity contribution >= 4 is 12.0 Å². The number of carboxylic acid groups (broad SMARTS) is 1. The Kier molecular flexibility index (Phi) is 4.37. The predicted molar refractivity (Wildman–Crippen MR) is 64.8 cm³/mol. The van der Waals surface area contributed by atoms with E-state index >= 15 is 0 Å². The SMILES string of the molecule is CC(NC(=O)NC(C)(C)C(=O)O)C1CCCC1. The van der Waals surface area contributed by atoms with Gasteiger partial charge in [-0.25, -0.2) is 9.59 Å². The lowest BCUT2D eigenvalue weighted by Crippen LogP contribution is -2.55. The van der Waals surface area contributed by atoms with Crippen LogP contribution in [0.3, 0.4) is 0 Å². The zero-order valence-electron chi connectivity index (χ0n) is 10.7. The Morgan fingerprint density at radius 2 is 1.82 bits per heavy atom. The summed E-state index contributed by atoms with van der Waals surface area (Å²) in [5, 5.41) is 14.2. The second-order valence-corrected chi connectivity index (χ2v) is 5.36. The summed E-state index contributed by atoms with van der Waals surface area (Å²) in [6.07, 6.45) is 4.73. The molecule has 0 spiro atoms. The van der Waals surface area contributed by atoms with Gasteiger partial charge in [-0.05, 0) is 39.5 Å². The van der Waals surface area contributed by atoms with Gasteiger partial charge in [0.15, 0.2) is 0 Å². The normalized spacial score (nSPS) is 18.8. The van der Waals surface area contributed by atoms with E-state index in [-0.39, 0.29) is 6.04 Å². The third kappa shape index (κ3) is 3.91. The fourth-order valence-corrected chi connectivity index (χ4v) is 2.16. The molecule has 0 heterocycles. The molecule has 5 heteroatoms. The summed E-state index contributed by atoms with van der Waals surface area (Å²) >= 11 is 0. The van der Waals surface area contributed by atoms with Crippen molar-refractivity contribution in [1.82, 2.24) is 10.6 Å². The number of aliphatic carboxylic acids is 1. The van der Waals surface area contributed by atoms with Gasteiger partial charge in [0, 0.05) is 6.04 Å². The van der Waals surface area contributed by atoms with Crippen LogP contribution < -0.4 is 10.6 Å². The molecular weight excluding hydrogens is 220 g/mol. The highest BCUT2D eigenvalue weighted by Gasteiger charge is 2.30. The molecule has 5 nitrogen and oxygen atoms in total. The Morgan fingerprint density at radius 1 is 1.29 bits per heavy atom. The third-order valence-corrected chi connectivity index (χ3v) is 3.43. The molecule has 1 fully saturated rings. The summed E-state index contributed by atoms with van der Waals surface area (Å²) in [4.78, 5) is 22.5. The molecule has 0 aromatic rings. The molecule has 98 valence electrons. The minimum atomic E-state index is -1.24. The smallest absolute Gasteiger partial charge is 0.328 e. The predicted octanol–water partition coefficient (Wildman–Crippen LogP) is 1.73. The minimum Gasteiger partial charge on any atom is -0.480 e. The van der Waals surface area contributed by atoms with Crippen LogP contribution in [-0.2, 0) is 4.79 Å². The van der Waals surface area contributed by atoms with Crippen LogP contribution in [0.1, 0.15) is 46.5 Å².